The van der Waals surface area contributed by atoms with Crippen LogP contribution in [0.3, 0.4) is 0 Å². The van der Waals surface area contributed by atoms with Gasteiger partial charge in [0, 0.05) is 6.42 Å². The van der Waals surface area contributed by atoms with Crippen molar-refractivity contribution in [2.75, 3.05) is 0 Å². The molecule has 0 atom stereocenters. The monoisotopic (exact) mass is 242 g/mol. The lowest BCUT2D eigenvalue weighted by atomic mass is 10.1. The summed E-state index contributed by atoms with van der Waals surface area (Å²) in [7, 11) is 0. The first-order chi connectivity index (χ1) is 8.18. The summed E-state index contributed by atoms with van der Waals surface area (Å²) >= 11 is 0. The van der Waals surface area contributed by atoms with Gasteiger partial charge in [0.2, 0.25) is 0 Å². The van der Waals surface area contributed by atoms with E-state index in [4.69, 9.17) is 0 Å². The molecule has 0 rings (SSSR count). The quantitative estimate of drug-likeness (QED) is 0.435. The third kappa shape index (κ3) is 25.7. The molecule has 0 saturated carbocycles. The number of hydrogen-bond acceptors (Lipinski definition) is 1. The van der Waals surface area contributed by atoms with Crippen molar-refractivity contribution in [2.45, 2.75) is 98.3 Å². The lowest BCUT2D eigenvalue weighted by Crippen LogP contribution is -1.88. The minimum Gasteiger partial charge on any atom is -0.300 e. The summed E-state index contributed by atoms with van der Waals surface area (Å²) in [6.45, 7) is 8.34. The SMILES string of the molecule is CCCCCCC(C)=O.CCCCCCCC. The highest BCUT2D eigenvalue weighted by Crippen LogP contribution is 2.03. The van der Waals surface area contributed by atoms with Crippen LogP contribution in [0.2, 0.25) is 0 Å². The number of rotatable bonds is 10. The Morgan fingerprint density at radius 1 is 0.647 bits per heavy atom. The number of carbonyl (C=O) groups is 1. The molecule has 104 valence electrons. The van der Waals surface area contributed by atoms with Crippen LogP contribution >= 0.6 is 0 Å². The predicted molar refractivity (Wildman–Crippen MR) is 78.5 cm³/mol. The van der Waals surface area contributed by atoms with Crippen LogP contribution in [0, 0.1) is 0 Å². The molecule has 0 amide bonds. The first-order valence-corrected chi connectivity index (χ1v) is 7.68. The summed E-state index contributed by atoms with van der Waals surface area (Å²) in [6, 6.07) is 0. The van der Waals surface area contributed by atoms with Crippen molar-refractivity contribution >= 4 is 5.78 Å². The van der Waals surface area contributed by atoms with E-state index >= 15 is 0 Å². The second-order valence-corrected chi connectivity index (χ2v) is 4.93. The molecule has 1 heteroatoms. The highest BCUT2D eigenvalue weighted by atomic mass is 16.1. The fraction of sp³-hybridized carbons (Fsp3) is 0.938. The number of ketones is 1. The van der Waals surface area contributed by atoms with Gasteiger partial charge in [-0.05, 0) is 13.3 Å². The summed E-state index contributed by atoms with van der Waals surface area (Å²) in [5, 5.41) is 0. The zero-order chi connectivity index (χ0) is 13.4. The van der Waals surface area contributed by atoms with Crippen LogP contribution in [0.15, 0.2) is 0 Å². The van der Waals surface area contributed by atoms with Crippen molar-refractivity contribution in [3.63, 3.8) is 0 Å². The lowest BCUT2D eigenvalue weighted by Gasteiger charge is -1.93. The van der Waals surface area contributed by atoms with Gasteiger partial charge in [-0.2, -0.15) is 0 Å². The summed E-state index contributed by atoms with van der Waals surface area (Å²) in [4.78, 5) is 10.4. The maximum Gasteiger partial charge on any atom is 0.129 e. The molecule has 0 bridgehead atoms. The molecule has 0 spiro atoms. The van der Waals surface area contributed by atoms with E-state index in [1.54, 1.807) is 6.92 Å². The van der Waals surface area contributed by atoms with Gasteiger partial charge in [-0.1, -0.05) is 78.6 Å². The zero-order valence-corrected chi connectivity index (χ0v) is 12.7. The van der Waals surface area contributed by atoms with Crippen LogP contribution in [-0.4, -0.2) is 5.78 Å². The van der Waals surface area contributed by atoms with Crippen LogP contribution in [0.25, 0.3) is 0 Å². The van der Waals surface area contributed by atoms with E-state index in [-0.39, 0.29) is 0 Å². The molecular formula is C16H34O. The Labute approximate surface area is 109 Å². The van der Waals surface area contributed by atoms with Crippen molar-refractivity contribution in [1.29, 1.82) is 0 Å². The Morgan fingerprint density at radius 3 is 1.29 bits per heavy atom. The highest BCUT2D eigenvalue weighted by Gasteiger charge is 1.91. The fourth-order valence-electron chi connectivity index (χ4n) is 1.65. The average Bonchev–Trinajstić information content (AvgIpc) is 2.31. The molecule has 1 nitrogen and oxygen atoms in total. The molecule has 0 unspecified atom stereocenters. The second-order valence-electron chi connectivity index (χ2n) is 4.93. The normalized spacial score (nSPS) is 9.65. The van der Waals surface area contributed by atoms with Crippen molar-refractivity contribution in [1.82, 2.24) is 0 Å². The van der Waals surface area contributed by atoms with Crippen LogP contribution in [0.1, 0.15) is 98.3 Å². The smallest absolute Gasteiger partial charge is 0.129 e. The topological polar surface area (TPSA) is 17.1 Å². The van der Waals surface area contributed by atoms with Crippen molar-refractivity contribution < 1.29 is 4.79 Å². The van der Waals surface area contributed by atoms with E-state index in [0.29, 0.717) is 5.78 Å². The Kier molecular flexibility index (Phi) is 20.2. The van der Waals surface area contributed by atoms with Crippen LogP contribution in [-0.2, 0) is 4.79 Å². The van der Waals surface area contributed by atoms with Gasteiger partial charge < -0.3 is 4.79 Å². The van der Waals surface area contributed by atoms with Gasteiger partial charge in [0.1, 0.15) is 5.78 Å². The van der Waals surface area contributed by atoms with Crippen molar-refractivity contribution in [3.05, 3.63) is 0 Å². The average molecular weight is 242 g/mol. The molecule has 17 heavy (non-hydrogen) atoms. The molecule has 0 aliphatic heterocycles. The molecule has 0 aliphatic rings. The van der Waals surface area contributed by atoms with Crippen LogP contribution in [0.5, 0.6) is 0 Å². The number of Topliss-reactive ketones (excluding diaryl/α,β-unsaturated/α-hetero) is 1. The van der Waals surface area contributed by atoms with Crippen LogP contribution < -0.4 is 0 Å². The van der Waals surface area contributed by atoms with Gasteiger partial charge in [-0.25, -0.2) is 0 Å². The minimum atomic E-state index is 0.325. The van der Waals surface area contributed by atoms with E-state index in [2.05, 4.69) is 20.8 Å². The third-order valence-electron chi connectivity index (χ3n) is 2.84. The Hall–Kier alpha value is -0.330. The van der Waals surface area contributed by atoms with E-state index in [0.717, 1.165) is 12.8 Å². The second kappa shape index (κ2) is 18.0. The first kappa shape index (κ1) is 19.0. The van der Waals surface area contributed by atoms with Gasteiger partial charge in [0.25, 0.3) is 0 Å². The minimum absolute atomic E-state index is 0.325. The van der Waals surface area contributed by atoms with Gasteiger partial charge in [-0.3, -0.25) is 0 Å². The summed E-state index contributed by atoms with van der Waals surface area (Å²) in [6.07, 6.45) is 14.1. The zero-order valence-electron chi connectivity index (χ0n) is 12.7. The summed E-state index contributed by atoms with van der Waals surface area (Å²) in [5.74, 6) is 0.325. The van der Waals surface area contributed by atoms with E-state index in [9.17, 15) is 4.79 Å². The van der Waals surface area contributed by atoms with E-state index in [1.807, 2.05) is 0 Å². The Morgan fingerprint density at radius 2 is 1.00 bits per heavy atom. The van der Waals surface area contributed by atoms with Crippen LogP contribution in [0.4, 0.5) is 0 Å². The largest absolute Gasteiger partial charge is 0.300 e. The molecule has 0 aromatic rings. The lowest BCUT2D eigenvalue weighted by molar-refractivity contribution is -0.117. The van der Waals surface area contributed by atoms with Crippen molar-refractivity contribution in [2.24, 2.45) is 0 Å². The van der Waals surface area contributed by atoms with Gasteiger partial charge >= 0.3 is 0 Å². The molecule has 0 saturated heterocycles. The standard InChI is InChI=1S/C8H16O.C8H18/c1-3-4-5-6-7-8(2)9;1-3-5-7-8-6-4-2/h3-7H2,1-2H3;3-8H2,1-2H3. The van der Waals surface area contributed by atoms with Gasteiger partial charge in [0.05, 0.1) is 0 Å². The third-order valence-corrected chi connectivity index (χ3v) is 2.84. The first-order valence-electron chi connectivity index (χ1n) is 7.68. The predicted octanol–water partition coefficient (Wildman–Crippen LogP) is 5.91. The van der Waals surface area contributed by atoms with Gasteiger partial charge in [-0.15, -0.1) is 0 Å². The van der Waals surface area contributed by atoms with E-state index in [1.165, 1.54) is 57.8 Å². The maximum atomic E-state index is 10.4. The Bertz CT molecular complexity index is 134. The molecule has 0 aliphatic carbocycles. The van der Waals surface area contributed by atoms with Gasteiger partial charge in [0.15, 0.2) is 0 Å². The number of carbonyl (C=O) groups excluding carboxylic acids is 1. The summed E-state index contributed by atoms with van der Waals surface area (Å²) < 4.78 is 0. The molecule has 0 N–H and O–H groups in total. The molecule has 0 aromatic carbocycles. The van der Waals surface area contributed by atoms with Crippen molar-refractivity contribution in [3.8, 4) is 0 Å². The highest BCUT2D eigenvalue weighted by molar-refractivity contribution is 5.75. The number of hydrogen-bond donors (Lipinski definition) is 0. The number of unbranched alkanes of at least 4 members (excludes halogenated alkanes) is 8. The maximum absolute atomic E-state index is 10.4. The molecule has 0 radical (unpaired) electrons. The Balaban J connectivity index is 0. The molecule has 0 aromatic heterocycles. The molecular weight excluding hydrogens is 208 g/mol. The fourth-order valence-corrected chi connectivity index (χ4v) is 1.65. The molecule has 0 heterocycles. The molecule has 0 fully saturated rings. The summed E-state index contributed by atoms with van der Waals surface area (Å²) in [5.41, 5.74) is 0. The van der Waals surface area contributed by atoms with E-state index < -0.39 is 0 Å².